The van der Waals surface area contributed by atoms with Crippen LogP contribution in [0, 0.1) is 5.41 Å². The molecule has 1 aromatic heterocycles. The van der Waals surface area contributed by atoms with Crippen LogP contribution in [0.5, 0.6) is 0 Å². The Morgan fingerprint density at radius 1 is 1.37 bits per heavy atom. The molecule has 2 aliphatic heterocycles. The van der Waals surface area contributed by atoms with E-state index in [9.17, 15) is 4.79 Å². The number of nitrogens with zero attached hydrogens (tertiary/aromatic N) is 3. The molecule has 0 spiro atoms. The molecule has 27 heavy (non-hydrogen) atoms. The van der Waals surface area contributed by atoms with Crippen molar-refractivity contribution in [1.29, 1.82) is 0 Å². The van der Waals surface area contributed by atoms with E-state index in [2.05, 4.69) is 61.3 Å². The number of anilines is 1. The lowest BCUT2D eigenvalue weighted by molar-refractivity contribution is -0.133. The first-order chi connectivity index (χ1) is 12.7. The molecule has 0 saturated carbocycles. The van der Waals surface area contributed by atoms with Crippen LogP contribution in [0.1, 0.15) is 34.6 Å². The minimum atomic E-state index is -0.227. The molecular formula is C21H30N4OS. The molecule has 2 saturated heterocycles. The van der Waals surface area contributed by atoms with E-state index in [1.165, 1.54) is 0 Å². The van der Waals surface area contributed by atoms with Gasteiger partial charge in [-0.15, -0.1) is 0 Å². The Morgan fingerprint density at radius 2 is 2.11 bits per heavy atom. The van der Waals surface area contributed by atoms with Crippen LogP contribution in [0.15, 0.2) is 45.9 Å². The third-order valence-corrected chi connectivity index (χ3v) is 6.05. The molecule has 1 N–H and O–H groups in total. The van der Waals surface area contributed by atoms with Crippen LogP contribution in [-0.2, 0) is 4.79 Å². The molecule has 0 radical (unpaired) electrons. The van der Waals surface area contributed by atoms with Crippen molar-refractivity contribution in [1.82, 2.24) is 10.2 Å². The zero-order valence-corrected chi connectivity index (χ0v) is 17.8. The van der Waals surface area contributed by atoms with E-state index < -0.39 is 0 Å². The number of aliphatic imine (C=N–C) groups is 1. The minimum Gasteiger partial charge on any atom is -0.339 e. The molecule has 6 heteroatoms. The molecule has 3 heterocycles. The summed E-state index contributed by atoms with van der Waals surface area (Å²) in [5, 5.41) is 7.55. The van der Waals surface area contributed by atoms with Crippen LogP contribution < -0.4 is 10.2 Å². The van der Waals surface area contributed by atoms with Crippen molar-refractivity contribution in [3.63, 3.8) is 0 Å². The minimum absolute atomic E-state index is 0.00548. The van der Waals surface area contributed by atoms with Gasteiger partial charge in [-0.05, 0) is 32.2 Å². The number of rotatable bonds is 3. The number of allylic oxidation sites excluding steroid dienone is 2. The smallest absolute Gasteiger partial charge is 0.272 e. The summed E-state index contributed by atoms with van der Waals surface area (Å²) >= 11 is 1.67. The third-order valence-electron chi connectivity index (χ3n) is 5.38. The molecule has 0 unspecified atom stereocenters. The van der Waals surface area contributed by atoms with Gasteiger partial charge in [-0.1, -0.05) is 26.5 Å². The largest absolute Gasteiger partial charge is 0.339 e. The monoisotopic (exact) mass is 386 g/mol. The van der Waals surface area contributed by atoms with Crippen molar-refractivity contribution in [3.05, 3.63) is 40.9 Å². The average molecular weight is 387 g/mol. The average Bonchev–Trinajstić information content (AvgIpc) is 3.20. The summed E-state index contributed by atoms with van der Waals surface area (Å²) in [4.78, 5) is 22.2. The fraction of sp³-hybridized carbons (Fsp3) is 0.524. The van der Waals surface area contributed by atoms with Crippen LogP contribution >= 0.6 is 11.3 Å². The van der Waals surface area contributed by atoms with Gasteiger partial charge in [-0.2, -0.15) is 11.3 Å². The van der Waals surface area contributed by atoms with Gasteiger partial charge in [-0.3, -0.25) is 4.79 Å². The lowest BCUT2D eigenvalue weighted by Gasteiger charge is -2.42. The van der Waals surface area contributed by atoms with Crippen LogP contribution in [0.4, 0.5) is 5.69 Å². The quantitative estimate of drug-likeness (QED) is 0.807. The van der Waals surface area contributed by atoms with Crippen LogP contribution in [-0.4, -0.2) is 48.2 Å². The second kappa shape index (κ2) is 7.24. The van der Waals surface area contributed by atoms with Gasteiger partial charge in [0.05, 0.1) is 22.6 Å². The number of thiophene rings is 1. The normalized spacial score (nSPS) is 24.0. The molecule has 1 amide bonds. The summed E-state index contributed by atoms with van der Waals surface area (Å²) in [6.45, 7) is 17.8. The molecule has 1 aromatic rings. The van der Waals surface area contributed by atoms with Crippen molar-refractivity contribution in [2.75, 3.05) is 31.1 Å². The molecule has 2 aliphatic rings. The molecule has 3 rings (SSSR count). The van der Waals surface area contributed by atoms with E-state index in [0.717, 1.165) is 36.7 Å². The maximum Gasteiger partial charge on any atom is 0.272 e. The number of carbonyl (C=O) groups is 1. The highest BCUT2D eigenvalue weighted by atomic mass is 32.1. The summed E-state index contributed by atoms with van der Waals surface area (Å²) in [6, 6.07) is 2.10. The van der Waals surface area contributed by atoms with E-state index in [1.807, 2.05) is 17.9 Å². The summed E-state index contributed by atoms with van der Waals surface area (Å²) in [7, 11) is 0. The molecule has 2 fully saturated rings. The predicted octanol–water partition coefficient (Wildman–Crippen LogP) is 3.66. The first kappa shape index (κ1) is 19.8. The summed E-state index contributed by atoms with van der Waals surface area (Å²) in [5.74, 6) is -0.00548. The first-order valence-electron chi connectivity index (χ1n) is 9.44. The Balaban J connectivity index is 1.91. The number of carbonyl (C=O) groups excluding carboxylic acids is 1. The first-order valence-corrected chi connectivity index (χ1v) is 10.4. The topological polar surface area (TPSA) is 47.9 Å². The Morgan fingerprint density at radius 3 is 2.70 bits per heavy atom. The van der Waals surface area contributed by atoms with Crippen molar-refractivity contribution >= 4 is 28.6 Å². The number of hydrogen-bond acceptors (Lipinski definition) is 5. The second-order valence-corrected chi connectivity index (χ2v) is 9.26. The maximum absolute atomic E-state index is 13.2. The van der Waals surface area contributed by atoms with E-state index in [0.29, 0.717) is 12.2 Å². The van der Waals surface area contributed by atoms with Crippen LogP contribution in [0.25, 0.3) is 0 Å². The SMILES string of the molecule is C=C1C(=N/C(=C\C)C(=O)N2CCNCC2(C)C)C(C)(C)CN1c1ccsc1. The van der Waals surface area contributed by atoms with E-state index in [1.54, 1.807) is 11.3 Å². The molecule has 0 bridgehead atoms. The second-order valence-electron chi connectivity index (χ2n) is 8.48. The fourth-order valence-electron chi connectivity index (χ4n) is 3.81. The van der Waals surface area contributed by atoms with Gasteiger partial charge >= 0.3 is 0 Å². The Bertz CT molecular complexity index is 789. The van der Waals surface area contributed by atoms with Gasteiger partial charge in [0, 0.05) is 37.0 Å². The Hall–Kier alpha value is -1.92. The van der Waals surface area contributed by atoms with Gasteiger partial charge in [0.1, 0.15) is 5.70 Å². The van der Waals surface area contributed by atoms with Crippen molar-refractivity contribution < 1.29 is 4.79 Å². The molecule has 146 valence electrons. The highest BCUT2D eigenvalue weighted by Gasteiger charge is 2.41. The predicted molar refractivity (Wildman–Crippen MR) is 114 cm³/mol. The third kappa shape index (κ3) is 3.73. The number of amides is 1. The number of hydrogen-bond donors (Lipinski definition) is 1. The Labute approximate surface area is 166 Å². The van der Waals surface area contributed by atoms with Crippen molar-refractivity contribution in [2.24, 2.45) is 10.4 Å². The van der Waals surface area contributed by atoms with Crippen molar-refractivity contribution in [3.8, 4) is 0 Å². The van der Waals surface area contributed by atoms with E-state index >= 15 is 0 Å². The summed E-state index contributed by atoms with van der Waals surface area (Å²) in [6.07, 6.45) is 1.82. The van der Waals surface area contributed by atoms with Gasteiger partial charge in [0.2, 0.25) is 0 Å². The summed E-state index contributed by atoms with van der Waals surface area (Å²) in [5.41, 5.74) is 3.01. The van der Waals surface area contributed by atoms with E-state index in [4.69, 9.17) is 4.99 Å². The zero-order chi connectivity index (χ0) is 19.8. The van der Waals surface area contributed by atoms with Crippen LogP contribution in [0.2, 0.25) is 0 Å². The maximum atomic E-state index is 13.2. The zero-order valence-electron chi connectivity index (χ0n) is 17.0. The standard InChI is InChI=1S/C21H30N4OS/c1-7-17(19(26)25-10-9-22-13-21(25,5)6)23-18-15(2)24(14-20(18,3)4)16-8-11-27-12-16/h7-8,11-12,22H,2,9-10,13-14H2,1,3-6H3/b17-7-,23-18?. The molecule has 5 nitrogen and oxygen atoms in total. The molecule has 0 aliphatic carbocycles. The van der Waals surface area contributed by atoms with Gasteiger partial charge in [0.15, 0.2) is 0 Å². The molecule has 0 atom stereocenters. The molecular weight excluding hydrogens is 356 g/mol. The van der Waals surface area contributed by atoms with Gasteiger partial charge in [-0.25, -0.2) is 4.99 Å². The lowest BCUT2D eigenvalue weighted by atomic mass is 9.89. The highest BCUT2D eigenvalue weighted by molar-refractivity contribution is 7.08. The van der Waals surface area contributed by atoms with Gasteiger partial charge in [0.25, 0.3) is 5.91 Å². The Kier molecular flexibility index (Phi) is 5.32. The van der Waals surface area contributed by atoms with Gasteiger partial charge < -0.3 is 15.1 Å². The van der Waals surface area contributed by atoms with E-state index in [-0.39, 0.29) is 16.9 Å². The number of nitrogens with one attached hydrogen (secondary N) is 1. The highest BCUT2D eigenvalue weighted by Crippen LogP contribution is 2.38. The fourth-order valence-corrected chi connectivity index (χ4v) is 4.45. The van der Waals surface area contributed by atoms with Crippen LogP contribution in [0.3, 0.4) is 0 Å². The number of piperazine rings is 1. The lowest BCUT2D eigenvalue weighted by Crippen LogP contribution is -2.60. The summed E-state index contributed by atoms with van der Waals surface area (Å²) < 4.78 is 0. The molecule has 0 aromatic carbocycles. The van der Waals surface area contributed by atoms with Crippen molar-refractivity contribution in [2.45, 2.75) is 40.2 Å².